The Bertz CT molecular complexity index is 955. The molecule has 0 aliphatic rings. The smallest absolute Gasteiger partial charge is 0.161 e. The molecule has 0 spiro atoms. The molecule has 0 saturated carbocycles. The Morgan fingerprint density at radius 1 is 0.964 bits per heavy atom. The van der Waals surface area contributed by atoms with Gasteiger partial charge in [-0.05, 0) is 66.9 Å². The summed E-state index contributed by atoms with van der Waals surface area (Å²) in [6.07, 6.45) is 0. The van der Waals surface area contributed by atoms with E-state index in [1.54, 1.807) is 19.2 Å². The van der Waals surface area contributed by atoms with Gasteiger partial charge in [0.15, 0.2) is 11.5 Å². The molecule has 0 bridgehead atoms. The number of methoxy groups -OCH3 is 1. The molecule has 0 radical (unpaired) electrons. The first kappa shape index (κ1) is 20.0. The van der Waals surface area contributed by atoms with E-state index in [2.05, 4.69) is 37.4 Å². The minimum absolute atomic E-state index is 0.0299. The summed E-state index contributed by atoms with van der Waals surface area (Å²) in [5.74, 6) is 0.740. The van der Waals surface area contributed by atoms with Crippen molar-refractivity contribution >= 4 is 17.3 Å². The van der Waals surface area contributed by atoms with Crippen LogP contribution in [-0.4, -0.2) is 7.11 Å². The maximum atomic E-state index is 13.9. The van der Waals surface area contributed by atoms with Crippen molar-refractivity contribution in [1.29, 1.82) is 0 Å². The van der Waals surface area contributed by atoms with Crippen LogP contribution in [-0.2, 0) is 13.2 Å². The van der Waals surface area contributed by atoms with E-state index < -0.39 is 0 Å². The quantitative estimate of drug-likeness (QED) is 0.506. The minimum atomic E-state index is -0.388. The highest BCUT2D eigenvalue weighted by molar-refractivity contribution is 6.31. The Balaban J connectivity index is 1.68. The monoisotopic (exact) mass is 399 g/mol. The number of rotatable bonds is 7. The summed E-state index contributed by atoms with van der Waals surface area (Å²) in [7, 11) is 1.58. The van der Waals surface area contributed by atoms with E-state index in [1.165, 1.54) is 17.2 Å². The number of anilines is 1. The van der Waals surface area contributed by atoms with Gasteiger partial charge in [-0.15, -0.1) is 0 Å². The molecule has 146 valence electrons. The number of nitrogens with one attached hydrogen (secondary N) is 1. The Labute approximate surface area is 170 Å². The molecule has 3 aromatic rings. The topological polar surface area (TPSA) is 30.5 Å². The first-order chi connectivity index (χ1) is 13.5. The van der Waals surface area contributed by atoms with Crippen LogP contribution in [0.5, 0.6) is 11.5 Å². The van der Waals surface area contributed by atoms with Crippen molar-refractivity contribution in [2.45, 2.75) is 27.0 Å². The van der Waals surface area contributed by atoms with Crippen LogP contribution in [0.25, 0.3) is 0 Å². The van der Waals surface area contributed by atoms with Gasteiger partial charge in [-0.2, -0.15) is 0 Å². The zero-order valence-corrected chi connectivity index (χ0v) is 16.9. The van der Waals surface area contributed by atoms with E-state index in [4.69, 9.17) is 21.1 Å². The van der Waals surface area contributed by atoms with Crippen LogP contribution < -0.4 is 14.8 Å². The molecule has 3 nitrogen and oxygen atoms in total. The third-order valence-corrected chi connectivity index (χ3v) is 5.02. The number of aryl methyl sites for hydroxylation is 2. The van der Waals surface area contributed by atoms with Crippen molar-refractivity contribution in [2.75, 3.05) is 12.4 Å². The zero-order chi connectivity index (χ0) is 20.1. The SMILES string of the molecule is COc1cc(CNc2ccc(C)c(C)c2)ccc1OCc1c(F)cccc1Cl. The van der Waals surface area contributed by atoms with Gasteiger partial charge in [-0.1, -0.05) is 29.8 Å². The summed E-state index contributed by atoms with van der Waals surface area (Å²) >= 11 is 6.06. The molecule has 0 fully saturated rings. The second-order valence-corrected chi connectivity index (χ2v) is 7.03. The molecule has 0 aliphatic heterocycles. The molecule has 3 aromatic carbocycles. The predicted molar refractivity (Wildman–Crippen MR) is 112 cm³/mol. The van der Waals surface area contributed by atoms with Crippen molar-refractivity contribution in [3.63, 3.8) is 0 Å². The molecule has 28 heavy (non-hydrogen) atoms. The lowest BCUT2D eigenvalue weighted by molar-refractivity contribution is 0.279. The molecule has 0 aliphatic carbocycles. The highest BCUT2D eigenvalue weighted by Gasteiger charge is 2.11. The van der Waals surface area contributed by atoms with Gasteiger partial charge in [0.25, 0.3) is 0 Å². The van der Waals surface area contributed by atoms with Crippen LogP contribution in [0.3, 0.4) is 0 Å². The fraction of sp³-hybridized carbons (Fsp3) is 0.217. The fourth-order valence-electron chi connectivity index (χ4n) is 2.82. The van der Waals surface area contributed by atoms with Gasteiger partial charge in [0.05, 0.1) is 12.1 Å². The average molecular weight is 400 g/mol. The van der Waals surface area contributed by atoms with Gasteiger partial charge < -0.3 is 14.8 Å². The summed E-state index contributed by atoms with van der Waals surface area (Å²) in [4.78, 5) is 0. The Morgan fingerprint density at radius 3 is 2.50 bits per heavy atom. The maximum Gasteiger partial charge on any atom is 0.161 e. The standard InChI is InChI=1S/C23H23ClFNO2/c1-15-7-9-18(11-16(15)2)26-13-17-8-10-22(23(12-17)27-3)28-14-19-20(24)5-4-6-21(19)25/h4-12,26H,13-14H2,1-3H3. The zero-order valence-electron chi connectivity index (χ0n) is 16.2. The second kappa shape index (κ2) is 8.98. The summed E-state index contributed by atoms with van der Waals surface area (Å²) in [6, 6.07) is 16.6. The number of ether oxygens (including phenoxy) is 2. The number of hydrogen-bond acceptors (Lipinski definition) is 3. The molecule has 0 atom stereocenters. The van der Waals surface area contributed by atoms with Gasteiger partial charge in [-0.3, -0.25) is 0 Å². The molecule has 1 N–H and O–H groups in total. The lowest BCUT2D eigenvalue weighted by Crippen LogP contribution is -2.03. The summed E-state index contributed by atoms with van der Waals surface area (Å²) < 4.78 is 25.1. The molecule has 3 rings (SSSR count). The van der Waals surface area contributed by atoms with E-state index in [0.29, 0.717) is 28.6 Å². The molecule has 0 amide bonds. The summed E-state index contributed by atoms with van der Waals surface area (Å²) in [6.45, 7) is 4.87. The third kappa shape index (κ3) is 4.76. The molecule has 0 unspecified atom stereocenters. The van der Waals surface area contributed by atoms with Crippen LogP contribution in [0.1, 0.15) is 22.3 Å². The largest absolute Gasteiger partial charge is 0.493 e. The van der Waals surface area contributed by atoms with Crippen LogP contribution in [0.4, 0.5) is 10.1 Å². The molecule has 0 heterocycles. The van der Waals surface area contributed by atoms with E-state index >= 15 is 0 Å². The van der Waals surface area contributed by atoms with E-state index in [1.807, 2.05) is 18.2 Å². The second-order valence-electron chi connectivity index (χ2n) is 6.63. The van der Waals surface area contributed by atoms with Crippen molar-refractivity contribution in [1.82, 2.24) is 0 Å². The van der Waals surface area contributed by atoms with Crippen molar-refractivity contribution < 1.29 is 13.9 Å². The van der Waals surface area contributed by atoms with Gasteiger partial charge in [0.1, 0.15) is 12.4 Å². The summed E-state index contributed by atoms with van der Waals surface area (Å²) in [5, 5.41) is 3.75. The predicted octanol–water partition coefficient (Wildman–Crippen LogP) is 6.30. The van der Waals surface area contributed by atoms with E-state index in [0.717, 1.165) is 11.3 Å². The van der Waals surface area contributed by atoms with Gasteiger partial charge in [0.2, 0.25) is 0 Å². The normalized spacial score (nSPS) is 10.6. The summed E-state index contributed by atoms with van der Waals surface area (Å²) in [5.41, 5.74) is 4.96. The van der Waals surface area contributed by atoms with Gasteiger partial charge >= 0.3 is 0 Å². The highest BCUT2D eigenvalue weighted by atomic mass is 35.5. The first-order valence-electron chi connectivity index (χ1n) is 9.01. The van der Waals surface area contributed by atoms with Gasteiger partial charge in [-0.25, -0.2) is 4.39 Å². The van der Waals surface area contributed by atoms with Crippen molar-refractivity contribution in [3.05, 3.63) is 87.7 Å². The van der Waals surface area contributed by atoms with Gasteiger partial charge in [0, 0.05) is 17.8 Å². The minimum Gasteiger partial charge on any atom is -0.493 e. The Morgan fingerprint density at radius 2 is 1.79 bits per heavy atom. The maximum absolute atomic E-state index is 13.9. The molecular formula is C23H23ClFNO2. The van der Waals surface area contributed by atoms with Crippen LogP contribution in [0.2, 0.25) is 5.02 Å². The first-order valence-corrected chi connectivity index (χ1v) is 9.39. The third-order valence-electron chi connectivity index (χ3n) is 4.67. The highest BCUT2D eigenvalue weighted by Crippen LogP contribution is 2.30. The molecule has 5 heteroatoms. The average Bonchev–Trinajstić information content (AvgIpc) is 2.69. The lowest BCUT2D eigenvalue weighted by Gasteiger charge is -2.14. The van der Waals surface area contributed by atoms with Crippen LogP contribution in [0.15, 0.2) is 54.6 Å². The fourth-order valence-corrected chi connectivity index (χ4v) is 3.03. The Hall–Kier alpha value is -2.72. The van der Waals surface area contributed by atoms with Crippen LogP contribution in [0, 0.1) is 19.7 Å². The lowest BCUT2D eigenvalue weighted by atomic mass is 10.1. The number of halogens is 2. The number of benzene rings is 3. The van der Waals surface area contributed by atoms with Crippen molar-refractivity contribution in [2.24, 2.45) is 0 Å². The molecule has 0 saturated heterocycles. The van der Waals surface area contributed by atoms with E-state index in [9.17, 15) is 4.39 Å². The van der Waals surface area contributed by atoms with Crippen molar-refractivity contribution in [3.8, 4) is 11.5 Å². The van der Waals surface area contributed by atoms with Crippen LogP contribution >= 0.6 is 11.6 Å². The molecular weight excluding hydrogens is 377 g/mol. The molecule has 0 aromatic heterocycles. The van der Waals surface area contributed by atoms with E-state index in [-0.39, 0.29) is 12.4 Å². The number of hydrogen-bond donors (Lipinski definition) is 1. The Kier molecular flexibility index (Phi) is 6.42.